The van der Waals surface area contributed by atoms with Gasteiger partial charge in [-0.1, -0.05) is 60.5 Å². The van der Waals surface area contributed by atoms with E-state index in [0.29, 0.717) is 14.9 Å². The number of amides is 2. The van der Waals surface area contributed by atoms with E-state index in [9.17, 15) is 9.59 Å². The van der Waals surface area contributed by atoms with Gasteiger partial charge >= 0.3 is 0 Å². The summed E-state index contributed by atoms with van der Waals surface area (Å²) in [6, 6.07) is 14.8. The van der Waals surface area contributed by atoms with Crippen LogP contribution in [-0.4, -0.2) is 17.6 Å². The van der Waals surface area contributed by atoms with E-state index in [0.717, 1.165) is 5.56 Å². The van der Waals surface area contributed by atoms with Crippen LogP contribution >= 0.6 is 35.0 Å². The molecule has 0 aliphatic carbocycles. The Morgan fingerprint density at radius 1 is 1.04 bits per heavy atom. The molecule has 4 nitrogen and oxygen atoms in total. The van der Waals surface area contributed by atoms with Gasteiger partial charge in [0.2, 0.25) is 11.8 Å². The molecule has 0 saturated heterocycles. The molecule has 0 aromatic heterocycles. The second-order valence-corrected chi connectivity index (χ2v) is 7.34. The zero-order valence-corrected chi connectivity index (χ0v) is 15.9. The molecule has 0 fully saturated rings. The molecular formula is C18H18Cl2N2O2S. The van der Waals surface area contributed by atoms with E-state index >= 15 is 0 Å². The van der Waals surface area contributed by atoms with Crippen LogP contribution in [0.25, 0.3) is 0 Å². The maximum atomic E-state index is 11.9. The van der Waals surface area contributed by atoms with Crippen LogP contribution in [0.1, 0.15) is 24.8 Å². The van der Waals surface area contributed by atoms with Gasteiger partial charge in [-0.05, 0) is 29.7 Å². The minimum Gasteiger partial charge on any atom is -0.273 e. The first-order chi connectivity index (χ1) is 12.0. The number of carbonyl (C=O) groups excluding carboxylic acids is 2. The third-order valence-corrected chi connectivity index (χ3v) is 5.19. The fourth-order valence-corrected chi connectivity index (χ4v) is 3.43. The molecule has 132 valence electrons. The van der Waals surface area contributed by atoms with E-state index in [-0.39, 0.29) is 29.9 Å². The molecule has 0 heterocycles. The number of rotatable bonds is 6. The number of benzene rings is 2. The first kappa shape index (κ1) is 19.6. The van der Waals surface area contributed by atoms with Crippen molar-refractivity contribution < 1.29 is 9.59 Å². The van der Waals surface area contributed by atoms with Crippen LogP contribution in [0.2, 0.25) is 10.0 Å². The predicted octanol–water partition coefficient (Wildman–Crippen LogP) is 4.43. The number of thioether (sulfide) groups is 1. The molecule has 0 unspecified atom stereocenters. The Morgan fingerprint density at radius 2 is 1.72 bits per heavy atom. The van der Waals surface area contributed by atoms with E-state index in [1.807, 2.05) is 37.3 Å². The second-order valence-electron chi connectivity index (χ2n) is 5.48. The average molecular weight is 397 g/mol. The van der Waals surface area contributed by atoms with Crippen molar-refractivity contribution in [2.75, 3.05) is 5.75 Å². The summed E-state index contributed by atoms with van der Waals surface area (Å²) in [4.78, 5) is 24.5. The van der Waals surface area contributed by atoms with Gasteiger partial charge in [-0.15, -0.1) is 11.8 Å². The number of nitrogens with one attached hydrogen (secondary N) is 2. The highest BCUT2D eigenvalue weighted by molar-refractivity contribution is 8.00. The number of carbonyl (C=O) groups is 2. The SMILES string of the molecule is C[C@@H](CC(=O)NNC(=O)CSc1cc(Cl)ccc1Cl)c1ccccc1. The molecule has 2 rings (SSSR count). The summed E-state index contributed by atoms with van der Waals surface area (Å²) < 4.78 is 0. The summed E-state index contributed by atoms with van der Waals surface area (Å²) >= 11 is 13.2. The van der Waals surface area contributed by atoms with Crippen molar-refractivity contribution >= 4 is 46.8 Å². The summed E-state index contributed by atoms with van der Waals surface area (Å²) in [5.41, 5.74) is 5.92. The van der Waals surface area contributed by atoms with Crippen LogP contribution in [-0.2, 0) is 9.59 Å². The normalized spacial score (nSPS) is 11.6. The lowest BCUT2D eigenvalue weighted by Crippen LogP contribution is -2.42. The third-order valence-electron chi connectivity index (χ3n) is 3.45. The molecule has 0 aliphatic rings. The summed E-state index contributed by atoms with van der Waals surface area (Å²) in [6.07, 6.45) is 0.289. The monoisotopic (exact) mass is 396 g/mol. The zero-order valence-electron chi connectivity index (χ0n) is 13.6. The molecule has 2 amide bonds. The lowest BCUT2D eigenvalue weighted by molar-refractivity contribution is -0.127. The third kappa shape index (κ3) is 6.61. The standard InChI is InChI=1S/C18H18Cl2N2O2S/c1-12(13-5-3-2-4-6-13)9-17(23)21-22-18(24)11-25-16-10-14(19)7-8-15(16)20/h2-8,10,12H,9,11H2,1H3,(H,21,23)(H,22,24)/t12-/m0/s1. The molecule has 0 saturated carbocycles. The molecule has 25 heavy (non-hydrogen) atoms. The Kier molecular flexibility index (Phi) is 7.62. The average Bonchev–Trinajstić information content (AvgIpc) is 2.61. The minimum atomic E-state index is -0.318. The van der Waals surface area contributed by atoms with Crippen LogP contribution in [0, 0.1) is 0 Å². The van der Waals surface area contributed by atoms with Gasteiger partial charge in [-0.2, -0.15) is 0 Å². The maximum absolute atomic E-state index is 11.9. The van der Waals surface area contributed by atoms with Crippen LogP contribution in [0.4, 0.5) is 0 Å². The number of hydrazine groups is 1. The quantitative estimate of drug-likeness (QED) is 0.560. The summed E-state index contributed by atoms with van der Waals surface area (Å²) in [7, 11) is 0. The van der Waals surface area contributed by atoms with E-state index in [4.69, 9.17) is 23.2 Å². The van der Waals surface area contributed by atoms with Crippen molar-refractivity contribution in [1.29, 1.82) is 0 Å². The topological polar surface area (TPSA) is 58.2 Å². The van der Waals surface area contributed by atoms with Crippen LogP contribution in [0.3, 0.4) is 0 Å². The number of hydrogen-bond donors (Lipinski definition) is 2. The molecule has 7 heteroatoms. The summed E-state index contributed by atoms with van der Waals surface area (Å²) in [6.45, 7) is 1.97. The van der Waals surface area contributed by atoms with Crippen molar-refractivity contribution in [2.45, 2.75) is 24.2 Å². The van der Waals surface area contributed by atoms with E-state index in [1.54, 1.807) is 18.2 Å². The van der Waals surface area contributed by atoms with Gasteiger partial charge in [0.15, 0.2) is 0 Å². The first-order valence-electron chi connectivity index (χ1n) is 7.66. The van der Waals surface area contributed by atoms with Crippen molar-refractivity contribution in [3.63, 3.8) is 0 Å². The highest BCUT2D eigenvalue weighted by Gasteiger charge is 2.12. The van der Waals surface area contributed by atoms with E-state index < -0.39 is 0 Å². The Labute approximate surface area is 161 Å². The highest BCUT2D eigenvalue weighted by atomic mass is 35.5. The number of halogens is 2. The van der Waals surface area contributed by atoms with Crippen molar-refractivity contribution in [3.05, 3.63) is 64.1 Å². The smallest absolute Gasteiger partial charge is 0.248 e. The van der Waals surface area contributed by atoms with Crippen molar-refractivity contribution in [2.24, 2.45) is 0 Å². The van der Waals surface area contributed by atoms with E-state index in [1.165, 1.54) is 11.8 Å². The maximum Gasteiger partial charge on any atom is 0.248 e. The van der Waals surface area contributed by atoms with Crippen LogP contribution < -0.4 is 10.9 Å². The molecule has 0 spiro atoms. The largest absolute Gasteiger partial charge is 0.273 e. The lowest BCUT2D eigenvalue weighted by Gasteiger charge is -2.12. The Bertz CT molecular complexity index is 741. The van der Waals surface area contributed by atoms with Gasteiger partial charge in [0, 0.05) is 16.3 Å². The Morgan fingerprint density at radius 3 is 2.44 bits per heavy atom. The van der Waals surface area contributed by atoms with Crippen LogP contribution in [0.15, 0.2) is 53.4 Å². The Hall–Kier alpha value is -1.69. The molecule has 1 atom stereocenters. The van der Waals surface area contributed by atoms with Crippen LogP contribution in [0.5, 0.6) is 0 Å². The summed E-state index contributed by atoms with van der Waals surface area (Å²) in [5.74, 6) is -0.371. The summed E-state index contributed by atoms with van der Waals surface area (Å²) in [5, 5.41) is 1.08. The highest BCUT2D eigenvalue weighted by Crippen LogP contribution is 2.29. The van der Waals surface area contributed by atoms with Gasteiger partial charge < -0.3 is 0 Å². The zero-order chi connectivity index (χ0) is 18.2. The van der Waals surface area contributed by atoms with Crippen molar-refractivity contribution in [3.8, 4) is 0 Å². The molecule has 0 aliphatic heterocycles. The van der Waals surface area contributed by atoms with Gasteiger partial charge in [0.25, 0.3) is 0 Å². The molecule has 2 N–H and O–H groups in total. The van der Waals surface area contributed by atoms with Gasteiger partial charge in [-0.25, -0.2) is 0 Å². The molecule has 2 aromatic carbocycles. The van der Waals surface area contributed by atoms with Gasteiger partial charge in [0.05, 0.1) is 10.8 Å². The second kappa shape index (κ2) is 9.70. The minimum absolute atomic E-state index is 0.0674. The molecule has 0 radical (unpaired) electrons. The first-order valence-corrected chi connectivity index (χ1v) is 9.40. The van der Waals surface area contributed by atoms with Gasteiger partial charge in [-0.3, -0.25) is 20.4 Å². The molecular weight excluding hydrogens is 379 g/mol. The molecule has 2 aromatic rings. The molecule has 0 bridgehead atoms. The number of hydrogen-bond acceptors (Lipinski definition) is 3. The van der Waals surface area contributed by atoms with Crippen molar-refractivity contribution in [1.82, 2.24) is 10.9 Å². The Balaban J connectivity index is 1.74. The van der Waals surface area contributed by atoms with Gasteiger partial charge in [0.1, 0.15) is 0 Å². The fourth-order valence-electron chi connectivity index (χ4n) is 2.14. The lowest BCUT2D eigenvalue weighted by atomic mass is 9.98. The predicted molar refractivity (Wildman–Crippen MR) is 103 cm³/mol. The van der Waals surface area contributed by atoms with E-state index in [2.05, 4.69) is 10.9 Å². The fraction of sp³-hybridized carbons (Fsp3) is 0.222.